The number of hydrogen-bond donors (Lipinski definition) is 0. The fourth-order valence-corrected chi connectivity index (χ4v) is 4.46. The fourth-order valence-electron chi connectivity index (χ4n) is 3.13. The van der Waals surface area contributed by atoms with Crippen LogP contribution in [0.1, 0.15) is 10.4 Å². The molecular formula is C21H17N3O5S. The minimum Gasteiger partial charge on any atom is -0.481 e. The molecule has 0 radical (unpaired) electrons. The van der Waals surface area contributed by atoms with E-state index >= 15 is 0 Å². The molecular weight excluding hydrogens is 406 g/mol. The highest BCUT2D eigenvalue weighted by molar-refractivity contribution is 7.90. The third-order valence-corrected chi connectivity index (χ3v) is 6.30. The molecule has 0 unspecified atom stereocenters. The van der Waals surface area contributed by atoms with Gasteiger partial charge < -0.3 is 9.47 Å². The van der Waals surface area contributed by atoms with Gasteiger partial charge in [0.2, 0.25) is 5.88 Å². The van der Waals surface area contributed by atoms with Crippen molar-refractivity contribution in [3.05, 3.63) is 72.8 Å². The Balaban J connectivity index is 1.95. The number of rotatable bonds is 5. The number of benzene rings is 1. The number of carbonyl (C=O) groups excluding carboxylic acids is 1. The van der Waals surface area contributed by atoms with Gasteiger partial charge in [-0.05, 0) is 29.8 Å². The van der Waals surface area contributed by atoms with E-state index in [9.17, 15) is 13.2 Å². The third-order valence-electron chi connectivity index (χ3n) is 4.65. The number of ether oxygens (including phenoxy) is 2. The zero-order valence-corrected chi connectivity index (χ0v) is 17.0. The molecule has 3 heterocycles. The van der Waals surface area contributed by atoms with E-state index in [1.54, 1.807) is 30.5 Å². The quantitative estimate of drug-likeness (QED) is 0.455. The van der Waals surface area contributed by atoms with Crippen LogP contribution in [0.25, 0.3) is 22.0 Å². The lowest BCUT2D eigenvalue weighted by atomic mass is 10.0. The van der Waals surface area contributed by atoms with Crippen LogP contribution in [0.4, 0.5) is 0 Å². The Morgan fingerprint density at radius 2 is 1.83 bits per heavy atom. The largest absolute Gasteiger partial charge is 0.481 e. The van der Waals surface area contributed by atoms with Crippen LogP contribution in [0.15, 0.2) is 72.1 Å². The van der Waals surface area contributed by atoms with E-state index in [4.69, 9.17) is 9.47 Å². The lowest BCUT2D eigenvalue weighted by molar-refractivity contribution is 0.0603. The summed E-state index contributed by atoms with van der Waals surface area (Å²) in [5, 5.41) is 0.458. The van der Waals surface area contributed by atoms with Crippen molar-refractivity contribution in [2.45, 2.75) is 4.90 Å². The molecule has 1 aromatic carbocycles. The van der Waals surface area contributed by atoms with Crippen LogP contribution in [0.5, 0.6) is 5.88 Å². The van der Waals surface area contributed by atoms with Crippen LogP contribution in [-0.4, -0.2) is 42.5 Å². The van der Waals surface area contributed by atoms with Crippen molar-refractivity contribution in [1.29, 1.82) is 0 Å². The zero-order valence-electron chi connectivity index (χ0n) is 16.1. The molecule has 0 atom stereocenters. The van der Waals surface area contributed by atoms with E-state index in [2.05, 4.69) is 9.97 Å². The lowest BCUT2D eigenvalue weighted by Gasteiger charge is -2.08. The standard InChI is InChI=1S/C21H17N3O5S/c1-28-20-8-6-15(11-23-20)14-5-7-17-18(21(25)29-2)13-24(19(17)10-14)30(26,27)16-4-3-9-22-12-16/h3-13H,1-2H3. The normalized spacial score (nSPS) is 11.4. The Morgan fingerprint density at radius 3 is 2.47 bits per heavy atom. The maximum atomic E-state index is 13.2. The predicted molar refractivity (Wildman–Crippen MR) is 110 cm³/mol. The average molecular weight is 423 g/mol. The number of aromatic nitrogens is 3. The van der Waals surface area contributed by atoms with Gasteiger partial charge in [0, 0.05) is 41.8 Å². The molecule has 152 valence electrons. The molecule has 0 aliphatic rings. The summed E-state index contributed by atoms with van der Waals surface area (Å²) in [5.41, 5.74) is 1.99. The van der Waals surface area contributed by atoms with Gasteiger partial charge in [-0.1, -0.05) is 12.1 Å². The monoisotopic (exact) mass is 423 g/mol. The maximum Gasteiger partial charge on any atom is 0.340 e. The van der Waals surface area contributed by atoms with Crippen molar-refractivity contribution in [1.82, 2.24) is 13.9 Å². The van der Waals surface area contributed by atoms with Crippen molar-refractivity contribution in [3.63, 3.8) is 0 Å². The SMILES string of the molecule is COC(=O)c1cn(S(=O)(=O)c2cccnc2)c2cc(-c3ccc(OC)nc3)ccc12. The summed E-state index contributed by atoms with van der Waals surface area (Å²) in [4.78, 5) is 20.4. The van der Waals surface area contributed by atoms with Gasteiger partial charge in [-0.2, -0.15) is 0 Å². The summed E-state index contributed by atoms with van der Waals surface area (Å²) in [5.74, 6) is -0.158. The number of carbonyl (C=O) groups is 1. The van der Waals surface area contributed by atoms with Gasteiger partial charge in [0.15, 0.2) is 0 Å². The van der Waals surface area contributed by atoms with Gasteiger partial charge in [0.25, 0.3) is 10.0 Å². The van der Waals surface area contributed by atoms with Gasteiger partial charge in [-0.15, -0.1) is 0 Å². The van der Waals surface area contributed by atoms with Crippen molar-refractivity contribution in [2.75, 3.05) is 14.2 Å². The highest BCUT2D eigenvalue weighted by Gasteiger charge is 2.24. The van der Waals surface area contributed by atoms with Crippen molar-refractivity contribution >= 4 is 26.9 Å². The van der Waals surface area contributed by atoms with Gasteiger partial charge in [-0.25, -0.2) is 22.2 Å². The fraction of sp³-hybridized carbons (Fsp3) is 0.0952. The first-order chi connectivity index (χ1) is 14.5. The van der Waals surface area contributed by atoms with Gasteiger partial charge in [-0.3, -0.25) is 4.98 Å². The van der Waals surface area contributed by atoms with Crippen molar-refractivity contribution < 1.29 is 22.7 Å². The van der Waals surface area contributed by atoms with E-state index in [1.165, 1.54) is 44.9 Å². The number of pyridine rings is 2. The van der Waals surface area contributed by atoms with Gasteiger partial charge in [0.1, 0.15) is 4.90 Å². The lowest BCUT2D eigenvalue weighted by Crippen LogP contribution is -2.12. The molecule has 3 aromatic heterocycles. The summed E-state index contributed by atoms with van der Waals surface area (Å²) in [6, 6.07) is 11.7. The number of esters is 1. The van der Waals surface area contributed by atoms with Crippen molar-refractivity contribution in [3.8, 4) is 17.0 Å². The zero-order chi connectivity index (χ0) is 21.3. The molecule has 0 fully saturated rings. The minimum atomic E-state index is -3.99. The highest BCUT2D eigenvalue weighted by Crippen LogP contribution is 2.31. The highest BCUT2D eigenvalue weighted by atomic mass is 32.2. The molecule has 4 rings (SSSR count). The molecule has 0 aliphatic heterocycles. The van der Waals surface area contributed by atoms with E-state index in [-0.39, 0.29) is 10.5 Å². The van der Waals surface area contributed by atoms with Crippen LogP contribution in [0.2, 0.25) is 0 Å². The molecule has 30 heavy (non-hydrogen) atoms. The molecule has 0 spiro atoms. The van der Waals surface area contributed by atoms with E-state index in [0.29, 0.717) is 16.8 Å². The molecule has 8 nitrogen and oxygen atoms in total. The number of nitrogens with zero attached hydrogens (tertiary/aromatic N) is 3. The number of methoxy groups -OCH3 is 2. The third kappa shape index (κ3) is 3.29. The molecule has 0 amide bonds. The van der Waals surface area contributed by atoms with Crippen LogP contribution in [0.3, 0.4) is 0 Å². The molecule has 4 aromatic rings. The number of fused-ring (bicyclic) bond motifs is 1. The van der Waals surface area contributed by atoms with Crippen molar-refractivity contribution in [2.24, 2.45) is 0 Å². The molecule has 0 saturated heterocycles. The minimum absolute atomic E-state index is 0.00910. The second-order valence-corrected chi connectivity index (χ2v) is 8.16. The molecule has 0 bridgehead atoms. The van der Waals surface area contributed by atoms with Crippen LogP contribution in [0, 0.1) is 0 Å². The summed E-state index contributed by atoms with van der Waals surface area (Å²) < 4.78 is 37.5. The Labute approximate surface area is 172 Å². The Kier molecular flexibility index (Phi) is 4.96. The van der Waals surface area contributed by atoms with Gasteiger partial charge in [0.05, 0.1) is 25.3 Å². The topological polar surface area (TPSA) is 100 Å². The van der Waals surface area contributed by atoms with Crippen LogP contribution < -0.4 is 4.74 Å². The average Bonchev–Trinajstić information content (AvgIpc) is 3.19. The van der Waals surface area contributed by atoms with Gasteiger partial charge >= 0.3 is 5.97 Å². The predicted octanol–water partition coefficient (Wildman–Crippen LogP) is 3.13. The summed E-state index contributed by atoms with van der Waals surface area (Å²) in [6.45, 7) is 0. The van der Waals surface area contributed by atoms with E-state index in [1.807, 2.05) is 6.07 Å². The smallest absolute Gasteiger partial charge is 0.340 e. The second-order valence-electron chi connectivity index (χ2n) is 6.35. The molecule has 0 N–H and O–H groups in total. The number of hydrogen-bond acceptors (Lipinski definition) is 7. The Bertz CT molecular complexity index is 1330. The summed E-state index contributed by atoms with van der Waals surface area (Å²) >= 11 is 0. The summed E-state index contributed by atoms with van der Waals surface area (Å²) in [7, 11) is -1.21. The first-order valence-electron chi connectivity index (χ1n) is 8.85. The van der Waals surface area contributed by atoms with E-state index in [0.717, 1.165) is 15.1 Å². The van der Waals surface area contributed by atoms with E-state index < -0.39 is 16.0 Å². The molecule has 9 heteroatoms. The Morgan fingerprint density at radius 1 is 1.03 bits per heavy atom. The first kappa shape index (κ1) is 19.6. The first-order valence-corrected chi connectivity index (χ1v) is 10.3. The molecule has 0 aliphatic carbocycles. The van der Waals surface area contributed by atoms with Crippen LogP contribution >= 0.6 is 0 Å². The Hall–Kier alpha value is -3.72. The summed E-state index contributed by atoms with van der Waals surface area (Å²) in [6.07, 6.45) is 5.65. The second kappa shape index (κ2) is 7.60. The maximum absolute atomic E-state index is 13.2. The molecule has 0 saturated carbocycles. The van der Waals surface area contributed by atoms with Crippen LogP contribution in [-0.2, 0) is 14.8 Å².